The molecular formula is C13H11BrN2O2. The van der Waals surface area contributed by atoms with E-state index < -0.39 is 0 Å². The third kappa shape index (κ3) is 2.68. The molecule has 0 aliphatic heterocycles. The van der Waals surface area contributed by atoms with E-state index in [9.17, 15) is 9.90 Å². The third-order valence-corrected chi connectivity index (χ3v) is 2.99. The first-order valence-corrected chi connectivity index (χ1v) is 6.08. The molecule has 1 aromatic heterocycles. The van der Waals surface area contributed by atoms with E-state index in [1.54, 1.807) is 43.5 Å². The van der Waals surface area contributed by atoms with Crippen molar-refractivity contribution in [3.63, 3.8) is 0 Å². The lowest BCUT2D eigenvalue weighted by Gasteiger charge is -2.08. The molecule has 1 aromatic carbocycles. The summed E-state index contributed by atoms with van der Waals surface area (Å²) in [5.74, 6) is 0.274. The number of nitrogens with zero attached hydrogens (tertiary/aromatic N) is 1. The molecule has 1 amide bonds. The van der Waals surface area contributed by atoms with Crippen LogP contribution in [-0.2, 0) is 0 Å². The number of aromatic nitrogens is 1. The van der Waals surface area contributed by atoms with Crippen LogP contribution in [0.15, 0.2) is 41.0 Å². The number of amides is 1. The van der Waals surface area contributed by atoms with E-state index in [1.165, 1.54) is 0 Å². The molecule has 5 heteroatoms. The first-order valence-electron chi connectivity index (χ1n) is 5.29. The second kappa shape index (κ2) is 5.18. The monoisotopic (exact) mass is 306 g/mol. The normalized spacial score (nSPS) is 10.1. The van der Waals surface area contributed by atoms with Crippen molar-refractivity contribution in [2.24, 2.45) is 0 Å². The van der Waals surface area contributed by atoms with Crippen LogP contribution in [0.5, 0.6) is 5.75 Å². The van der Waals surface area contributed by atoms with Gasteiger partial charge in [-0.05, 0) is 47.1 Å². The van der Waals surface area contributed by atoms with Gasteiger partial charge in [-0.3, -0.25) is 4.79 Å². The van der Waals surface area contributed by atoms with Gasteiger partial charge in [-0.15, -0.1) is 0 Å². The minimum Gasteiger partial charge on any atom is -0.508 e. The Morgan fingerprint density at radius 1 is 1.33 bits per heavy atom. The second-order valence-electron chi connectivity index (χ2n) is 3.77. The topological polar surface area (TPSA) is 62.2 Å². The van der Waals surface area contributed by atoms with Crippen LogP contribution in [0.1, 0.15) is 15.9 Å². The van der Waals surface area contributed by atoms with E-state index in [2.05, 4.69) is 26.2 Å². The number of phenols is 1. The van der Waals surface area contributed by atoms with Crippen LogP contribution < -0.4 is 5.32 Å². The molecule has 2 N–H and O–H groups in total. The lowest BCUT2D eigenvalue weighted by Crippen LogP contribution is -2.14. The Bertz CT molecular complexity index is 582. The highest BCUT2D eigenvalue weighted by atomic mass is 79.9. The predicted molar refractivity (Wildman–Crippen MR) is 72.7 cm³/mol. The molecule has 0 atom stereocenters. The Hall–Kier alpha value is -1.88. The molecule has 92 valence electrons. The smallest absolute Gasteiger partial charge is 0.257 e. The Morgan fingerprint density at radius 3 is 2.78 bits per heavy atom. The van der Waals surface area contributed by atoms with Crippen molar-refractivity contribution in [2.75, 3.05) is 5.32 Å². The van der Waals surface area contributed by atoms with Crippen molar-refractivity contribution < 1.29 is 9.90 Å². The number of nitrogens with one attached hydrogen (secondary N) is 1. The van der Waals surface area contributed by atoms with Gasteiger partial charge in [-0.25, -0.2) is 4.98 Å². The Morgan fingerprint density at radius 2 is 2.11 bits per heavy atom. The molecule has 18 heavy (non-hydrogen) atoms. The number of aromatic hydroxyl groups is 1. The summed E-state index contributed by atoms with van der Waals surface area (Å²) >= 11 is 3.27. The van der Waals surface area contributed by atoms with Gasteiger partial charge in [0.05, 0.1) is 0 Å². The highest BCUT2D eigenvalue weighted by Crippen LogP contribution is 2.20. The van der Waals surface area contributed by atoms with Gasteiger partial charge in [0.1, 0.15) is 11.6 Å². The molecule has 2 aromatic rings. The van der Waals surface area contributed by atoms with Crippen LogP contribution in [0.2, 0.25) is 0 Å². The summed E-state index contributed by atoms with van der Waals surface area (Å²) in [4.78, 5) is 16.1. The van der Waals surface area contributed by atoms with Crippen molar-refractivity contribution in [1.82, 2.24) is 4.98 Å². The molecule has 0 fully saturated rings. The molecule has 0 radical (unpaired) electrons. The number of carbonyl (C=O) groups is 1. The summed E-state index contributed by atoms with van der Waals surface area (Å²) in [6.45, 7) is 1.69. The van der Waals surface area contributed by atoms with Crippen molar-refractivity contribution in [3.05, 3.63) is 52.1 Å². The number of phenolic OH excluding ortho intramolecular Hbond substituents is 1. The summed E-state index contributed by atoms with van der Waals surface area (Å²) in [6.07, 6.45) is 1.60. The zero-order chi connectivity index (χ0) is 13.1. The summed E-state index contributed by atoms with van der Waals surface area (Å²) < 4.78 is 0.842. The summed E-state index contributed by atoms with van der Waals surface area (Å²) in [6, 6.07) is 8.32. The van der Waals surface area contributed by atoms with Gasteiger partial charge in [0.25, 0.3) is 5.91 Å². The molecule has 2 rings (SSSR count). The average Bonchev–Trinajstić information content (AvgIpc) is 2.35. The number of hydrogen-bond acceptors (Lipinski definition) is 3. The van der Waals surface area contributed by atoms with E-state index in [4.69, 9.17) is 0 Å². The number of carbonyl (C=O) groups excluding carboxylic acids is 1. The molecule has 1 heterocycles. The van der Waals surface area contributed by atoms with E-state index in [1.807, 2.05) is 0 Å². The maximum atomic E-state index is 12.0. The van der Waals surface area contributed by atoms with E-state index in [0.29, 0.717) is 16.9 Å². The van der Waals surface area contributed by atoms with Crippen LogP contribution in [0, 0.1) is 6.92 Å². The molecule has 0 spiro atoms. The Balaban J connectivity index is 2.22. The van der Waals surface area contributed by atoms with Gasteiger partial charge in [0, 0.05) is 21.8 Å². The Kier molecular flexibility index (Phi) is 3.62. The lowest BCUT2D eigenvalue weighted by atomic mass is 10.1. The number of pyridine rings is 1. The minimum atomic E-state index is -0.293. The predicted octanol–water partition coefficient (Wildman–Crippen LogP) is 3.11. The molecule has 4 nitrogen and oxygen atoms in total. The fourth-order valence-corrected chi connectivity index (χ4v) is 1.74. The SMILES string of the molecule is Cc1c(O)cccc1C(=O)Nc1ccc(Br)cn1. The zero-order valence-corrected chi connectivity index (χ0v) is 11.2. The molecule has 0 aliphatic rings. The van der Waals surface area contributed by atoms with Crippen LogP contribution in [0.25, 0.3) is 0 Å². The summed E-state index contributed by atoms with van der Waals surface area (Å²) in [5.41, 5.74) is 0.979. The van der Waals surface area contributed by atoms with Gasteiger partial charge in [0.2, 0.25) is 0 Å². The van der Waals surface area contributed by atoms with E-state index in [0.717, 1.165) is 4.47 Å². The van der Waals surface area contributed by atoms with Gasteiger partial charge >= 0.3 is 0 Å². The largest absolute Gasteiger partial charge is 0.508 e. The van der Waals surface area contributed by atoms with Gasteiger partial charge < -0.3 is 10.4 Å². The summed E-state index contributed by atoms with van der Waals surface area (Å²) in [5, 5.41) is 12.2. The van der Waals surface area contributed by atoms with Gasteiger partial charge in [0.15, 0.2) is 0 Å². The second-order valence-corrected chi connectivity index (χ2v) is 4.68. The standard InChI is InChI=1S/C13H11BrN2O2/c1-8-10(3-2-4-11(8)17)13(18)16-12-6-5-9(14)7-15-12/h2-7,17H,1H3,(H,15,16,18). The van der Waals surface area contributed by atoms with Gasteiger partial charge in [-0.2, -0.15) is 0 Å². The molecule has 0 saturated carbocycles. The number of benzene rings is 1. The van der Waals surface area contributed by atoms with Gasteiger partial charge in [-0.1, -0.05) is 6.07 Å². The maximum Gasteiger partial charge on any atom is 0.257 e. The van der Waals surface area contributed by atoms with Crippen molar-refractivity contribution in [3.8, 4) is 5.75 Å². The molecule has 0 unspecified atom stereocenters. The maximum absolute atomic E-state index is 12.0. The summed E-state index contributed by atoms with van der Waals surface area (Å²) in [7, 11) is 0. The van der Waals surface area contributed by atoms with Crippen molar-refractivity contribution in [1.29, 1.82) is 0 Å². The van der Waals surface area contributed by atoms with E-state index >= 15 is 0 Å². The molecule has 0 bridgehead atoms. The molecule has 0 aliphatic carbocycles. The molecular weight excluding hydrogens is 296 g/mol. The first-order chi connectivity index (χ1) is 8.58. The van der Waals surface area contributed by atoms with Crippen LogP contribution in [0.4, 0.5) is 5.82 Å². The first kappa shape index (κ1) is 12.6. The number of hydrogen-bond donors (Lipinski definition) is 2. The minimum absolute atomic E-state index is 0.103. The van der Waals surface area contributed by atoms with Crippen molar-refractivity contribution in [2.45, 2.75) is 6.92 Å². The number of halogens is 1. The quantitative estimate of drug-likeness (QED) is 0.896. The fraction of sp³-hybridized carbons (Fsp3) is 0.0769. The highest BCUT2D eigenvalue weighted by Gasteiger charge is 2.11. The average molecular weight is 307 g/mol. The molecule has 0 saturated heterocycles. The van der Waals surface area contributed by atoms with Crippen LogP contribution in [0.3, 0.4) is 0 Å². The highest BCUT2D eigenvalue weighted by molar-refractivity contribution is 9.10. The van der Waals surface area contributed by atoms with E-state index in [-0.39, 0.29) is 11.7 Å². The fourth-order valence-electron chi connectivity index (χ4n) is 1.50. The third-order valence-electron chi connectivity index (χ3n) is 2.52. The zero-order valence-electron chi connectivity index (χ0n) is 9.64. The Labute approximate surface area is 113 Å². The van der Waals surface area contributed by atoms with Crippen LogP contribution in [-0.4, -0.2) is 16.0 Å². The number of anilines is 1. The lowest BCUT2D eigenvalue weighted by molar-refractivity contribution is 0.102. The van der Waals surface area contributed by atoms with Crippen LogP contribution >= 0.6 is 15.9 Å². The van der Waals surface area contributed by atoms with Crippen molar-refractivity contribution >= 4 is 27.7 Å². The number of rotatable bonds is 2.